The summed E-state index contributed by atoms with van der Waals surface area (Å²) in [6.07, 6.45) is 0. The second-order valence-electron chi connectivity index (χ2n) is 5.55. The maximum atomic E-state index is 15.3. The molecular formula is C22H15FO. The Labute approximate surface area is 140 Å². The fraction of sp³-hybridized carbons (Fsp3) is 0. The third-order valence-electron chi connectivity index (χ3n) is 3.98. The van der Waals surface area contributed by atoms with E-state index < -0.39 is 0 Å². The molecule has 116 valence electrons. The minimum atomic E-state index is -0.328. The summed E-state index contributed by atoms with van der Waals surface area (Å²) in [5.74, 6) is 0.498. The standard InChI is InChI=1S/C22H15FO/c23-20-19(16-10-4-1-5-11-16)21(17-12-6-2-7-13-17)24-22(20)18-14-8-3-9-15-18/h1-15H. The van der Waals surface area contributed by atoms with E-state index in [9.17, 15) is 0 Å². The van der Waals surface area contributed by atoms with Gasteiger partial charge in [-0.2, -0.15) is 0 Å². The molecule has 0 radical (unpaired) electrons. The molecular weight excluding hydrogens is 299 g/mol. The molecule has 3 aromatic carbocycles. The first-order valence-electron chi connectivity index (χ1n) is 7.83. The second kappa shape index (κ2) is 6.17. The van der Waals surface area contributed by atoms with Crippen LogP contribution in [0.3, 0.4) is 0 Å². The van der Waals surface area contributed by atoms with E-state index in [0.29, 0.717) is 11.3 Å². The number of hydrogen-bond acceptors (Lipinski definition) is 1. The second-order valence-corrected chi connectivity index (χ2v) is 5.55. The minimum absolute atomic E-state index is 0.272. The van der Waals surface area contributed by atoms with Crippen molar-refractivity contribution in [2.45, 2.75) is 0 Å². The highest BCUT2D eigenvalue weighted by molar-refractivity contribution is 5.84. The minimum Gasteiger partial charge on any atom is -0.452 e. The topological polar surface area (TPSA) is 13.1 Å². The summed E-state index contributed by atoms with van der Waals surface area (Å²) in [5, 5.41) is 0. The predicted octanol–water partition coefficient (Wildman–Crippen LogP) is 6.42. The summed E-state index contributed by atoms with van der Waals surface area (Å²) in [4.78, 5) is 0. The van der Waals surface area contributed by atoms with E-state index in [4.69, 9.17) is 4.42 Å². The van der Waals surface area contributed by atoms with E-state index in [1.165, 1.54) is 0 Å². The van der Waals surface area contributed by atoms with Gasteiger partial charge in [-0.15, -0.1) is 0 Å². The van der Waals surface area contributed by atoms with Crippen molar-refractivity contribution in [2.75, 3.05) is 0 Å². The molecule has 0 unspecified atom stereocenters. The van der Waals surface area contributed by atoms with Crippen molar-refractivity contribution < 1.29 is 8.81 Å². The van der Waals surface area contributed by atoms with Crippen molar-refractivity contribution in [2.24, 2.45) is 0 Å². The highest BCUT2D eigenvalue weighted by Crippen LogP contribution is 2.41. The Bertz CT molecular complexity index is 941. The van der Waals surface area contributed by atoms with Crippen LogP contribution in [0.15, 0.2) is 95.4 Å². The van der Waals surface area contributed by atoms with Crippen LogP contribution >= 0.6 is 0 Å². The average molecular weight is 314 g/mol. The van der Waals surface area contributed by atoms with Crippen LogP contribution in [0.4, 0.5) is 4.39 Å². The Balaban J connectivity index is 1.99. The van der Waals surface area contributed by atoms with E-state index in [1.54, 1.807) is 0 Å². The number of hydrogen-bond donors (Lipinski definition) is 0. The van der Waals surface area contributed by atoms with Gasteiger partial charge in [-0.25, -0.2) is 4.39 Å². The maximum Gasteiger partial charge on any atom is 0.177 e. The zero-order chi connectivity index (χ0) is 16.4. The van der Waals surface area contributed by atoms with Crippen molar-refractivity contribution in [3.8, 4) is 33.8 Å². The van der Waals surface area contributed by atoms with Gasteiger partial charge in [-0.3, -0.25) is 0 Å². The molecule has 0 atom stereocenters. The lowest BCUT2D eigenvalue weighted by molar-refractivity contribution is 0.558. The normalized spacial score (nSPS) is 10.7. The molecule has 0 aliphatic heterocycles. The van der Waals surface area contributed by atoms with Crippen LogP contribution in [0, 0.1) is 5.82 Å². The molecule has 0 aliphatic rings. The first-order valence-corrected chi connectivity index (χ1v) is 7.83. The molecule has 0 aliphatic carbocycles. The summed E-state index contributed by atoms with van der Waals surface area (Å²) in [6.45, 7) is 0. The van der Waals surface area contributed by atoms with E-state index in [1.807, 2.05) is 91.0 Å². The van der Waals surface area contributed by atoms with Crippen LogP contribution in [0.2, 0.25) is 0 Å². The molecule has 0 amide bonds. The largest absolute Gasteiger partial charge is 0.452 e. The Morgan fingerprint density at radius 1 is 0.500 bits per heavy atom. The first kappa shape index (κ1) is 14.5. The smallest absolute Gasteiger partial charge is 0.177 e. The fourth-order valence-corrected chi connectivity index (χ4v) is 2.84. The number of furan rings is 1. The molecule has 2 heteroatoms. The van der Waals surface area contributed by atoms with Crippen LogP contribution in [0.5, 0.6) is 0 Å². The van der Waals surface area contributed by atoms with Crippen molar-refractivity contribution in [1.29, 1.82) is 0 Å². The molecule has 0 bridgehead atoms. The molecule has 0 N–H and O–H groups in total. The van der Waals surface area contributed by atoms with Crippen LogP contribution in [0.1, 0.15) is 0 Å². The van der Waals surface area contributed by atoms with E-state index in [2.05, 4.69) is 0 Å². The molecule has 0 fully saturated rings. The summed E-state index contributed by atoms with van der Waals surface area (Å²) >= 11 is 0. The zero-order valence-electron chi connectivity index (χ0n) is 12.9. The van der Waals surface area contributed by atoms with Gasteiger partial charge >= 0.3 is 0 Å². The predicted molar refractivity (Wildman–Crippen MR) is 95.0 cm³/mol. The van der Waals surface area contributed by atoms with E-state index in [0.717, 1.165) is 16.7 Å². The van der Waals surface area contributed by atoms with E-state index >= 15 is 4.39 Å². The zero-order valence-corrected chi connectivity index (χ0v) is 12.9. The van der Waals surface area contributed by atoms with Crippen molar-refractivity contribution in [3.63, 3.8) is 0 Å². The fourth-order valence-electron chi connectivity index (χ4n) is 2.84. The SMILES string of the molecule is Fc1c(-c2ccccc2)oc(-c2ccccc2)c1-c1ccccc1. The monoisotopic (exact) mass is 314 g/mol. The van der Waals surface area contributed by atoms with Gasteiger partial charge in [0.15, 0.2) is 11.6 Å². The quantitative estimate of drug-likeness (QED) is 0.425. The molecule has 4 rings (SSSR count). The van der Waals surface area contributed by atoms with Crippen molar-refractivity contribution in [3.05, 3.63) is 96.8 Å². The van der Waals surface area contributed by atoms with Gasteiger partial charge in [-0.1, -0.05) is 91.0 Å². The number of benzene rings is 3. The Kier molecular flexibility index (Phi) is 3.72. The van der Waals surface area contributed by atoms with Gasteiger partial charge in [0, 0.05) is 11.1 Å². The van der Waals surface area contributed by atoms with Gasteiger partial charge in [0.05, 0.1) is 5.56 Å². The summed E-state index contributed by atoms with van der Waals surface area (Å²) in [5.41, 5.74) is 2.90. The first-order chi connectivity index (χ1) is 11.8. The molecule has 24 heavy (non-hydrogen) atoms. The molecule has 1 aromatic heterocycles. The molecule has 0 spiro atoms. The molecule has 1 heterocycles. The Hall–Kier alpha value is -3.13. The third kappa shape index (κ3) is 2.52. The van der Waals surface area contributed by atoms with Gasteiger partial charge in [-0.05, 0) is 5.56 Å². The van der Waals surface area contributed by atoms with Crippen molar-refractivity contribution in [1.82, 2.24) is 0 Å². The van der Waals surface area contributed by atoms with Gasteiger partial charge < -0.3 is 4.42 Å². The van der Waals surface area contributed by atoms with Gasteiger partial charge in [0.25, 0.3) is 0 Å². The lowest BCUT2D eigenvalue weighted by atomic mass is 10.0. The Morgan fingerprint density at radius 2 is 0.917 bits per heavy atom. The molecule has 0 saturated carbocycles. The van der Waals surface area contributed by atoms with Crippen LogP contribution in [0.25, 0.3) is 33.8 Å². The molecule has 4 aromatic rings. The van der Waals surface area contributed by atoms with Gasteiger partial charge in [0.1, 0.15) is 5.76 Å². The number of halogens is 1. The average Bonchev–Trinajstić information content (AvgIpc) is 3.01. The van der Waals surface area contributed by atoms with Crippen molar-refractivity contribution >= 4 is 0 Å². The van der Waals surface area contributed by atoms with Crippen LogP contribution in [-0.4, -0.2) is 0 Å². The molecule has 1 nitrogen and oxygen atoms in total. The highest BCUT2D eigenvalue weighted by atomic mass is 19.1. The third-order valence-corrected chi connectivity index (χ3v) is 3.98. The number of rotatable bonds is 3. The van der Waals surface area contributed by atoms with E-state index in [-0.39, 0.29) is 11.6 Å². The summed E-state index contributed by atoms with van der Waals surface area (Å²) in [7, 11) is 0. The van der Waals surface area contributed by atoms with Crippen LogP contribution < -0.4 is 0 Å². The Morgan fingerprint density at radius 3 is 1.42 bits per heavy atom. The van der Waals surface area contributed by atoms with Gasteiger partial charge in [0.2, 0.25) is 0 Å². The molecule has 0 saturated heterocycles. The van der Waals surface area contributed by atoms with Crippen LogP contribution in [-0.2, 0) is 0 Å². The summed E-state index contributed by atoms with van der Waals surface area (Å²) in [6, 6.07) is 28.5. The lowest BCUT2D eigenvalue weighted by Gasteiger charge is -2.02. The summed E-state index contributed by atoms with van der Waals surface area (Å²) < 4.78 is 21.3. The lowest BCUT2D eigenvalue weighted by Crippen LogP contribution is -1.84. The highest BCUT2D eigenvalue weighted by Gasteiger charge is 2.23. The maximum absolute atomic E-state index is 15.3.